The highest BCUT2D eigenvalue weighted by atomic mass is 16.5. The van der Waals surface area contributed by atoms with Crippen molar-refractivity contribution in [2.45, 2.75) is 47.1 Å². The van der Waals surface area contributed by atoms with Crippen molar-refractivity contribution in [1.82, 2.24) is 4.98 Å². The molecule has 0 bridgehead atoms. The fourth-order valence-electron chi connectivity index (χ4n) is 3.11. The summed E-state index contributed by atoms with van der Waals surface area (Å²) in [6, 6.07) is 6.22. The van der Waals surface area contributed by atoms with Gasteiger partial charge < -0.3 is 14.2 Å². The summed E-state index contributed by atoms with van der Waals surface area (Å²) in [6.07, 6.45) is 1.04. The third-order valence-corrected chi connectivity index (χ3v) is 4.29. The van der Waals surface area contributed by atoms with Crippen molar-refractivity contribution in [2.75, 3.05) is 13.2 Å². The van der Waals surface area contributed by atoms with Gasteiger partial charge in [0.1, 0.15) is 17.6 Å². The molecule has 1 saturated heterocycles. The second kappa shape index (κ2) is 6.81. The van der Waals surface area contributed by atoms with Gasteiger partial charge in [-0.15, -0.1) is 0 Å². The van der Waals surface area contributed by atoms with Gasteiger partial charge >= 0.3 is 0 Å². The second-order valence-corrected chi connectivity index (χ2v) is 6.63. The average Bonchev–Trinajstić information content (AvgIpc) is 3.00. The summed E-state index contributed by atoms with van der Waals surface area (Å²) in [6.45, 7) is 11.6. The molecular weight excluding hydrogens is 302 g/mol. The molecule has 1 atom stereocenters. The van der Waals surface area contributed by atoms with Gasteiger partial charge in [0.05, 0.1) is 18.8 Å². The van der Waals surface area contributed by atoms with Crippen LogP contribution in [-0.2, 0) is 4.74 Å². The Morgan fingerprint density at radius 1 is 1.04 bits per heavy atom. The van der Waals surface area contributed by atoms with E-state index in [-0.39, 0.29) is 6.10 Å². The molecule has 0 amide bonds. The minimum absolute atomic E-state index is 0.112. The van der Waals surface area contributed by atoms with Crippen LogP contribution in [0.3, 0.4) is 0 Å². The van der Waals surface area contributed by atoms with Crippen LogP contribution >= 0.6 is 0 Å². The van der Waals surface area contributed by atoms with Crippen LogP contribution in [0.5, 0.6) is 17.4 Å². The third kappa shape index (κ3) is 3.54. The minimum atomic E-state index is 0.112. The van der Waals surface area contributed by atoms with E-state index in [0.29, 0.717) is 12.5 Å². The zero-order valence-corrected chi connectivity index (χ0v) is 15.1. The summed E-state index contributed by atoms with van der Waals surface area (Å²) >= 11 is 0. The molecule has 0 saturated carbocycles. The Morgan fingerprint density at radius 2 is 1.75 bits per heavy atom. The van der Waals surface area contributed by atoms with Crippen LogP contribution in [0.4, 0.5) is 0 Å². The number of hydrogen-bond donors (Lipinski definition) is 0. The third-order valence-electron chi connectivity index (χ3n) is 4.29. The summed E-state index contributed by atoms with van der Waals surface area (Å²) in [4.78, 5) is 4.57. The molecule has 1 aliphatic rings. The first kappa shape index (κ1) is 16.8. The number of pyridine rings is 1. The molecular formula is C20H25NO3. The lowest BCUT2D eigenvalue weighted by molar-refractivity contribution is 0.140. The SMILES string of the molecule is Cc1cc(C)c(Oc2nc(C)cc(OC3CCOC3)c2C)c(C)c1. The zero-order chi connectivity index (χ0) is 17.3. The van der Waals surface area contributed by atoms with Crippen molar-refractivity contribution in [3.05, 3.63) is 46.1 Å². The van der Waals surface area contributed by atoms with E-state index in [1.54, 1.807) is 0 Å². The normalized spacial score (nSPS) is 17.1. The van der Waals surface area contributed by atoms with E-state index in [2.05, 4.69) is 37.9 Å². The van der Waals surface area contributed by atoms with E-state index in [1.807, 2.05) is 19.9 Å². The van der Waals surface area contributed by atoms with E-state index in [0.717, 1.165) is 46.9 Å². The lowest BCUT2D eigenvalue weighted by atomic mass is 10.1. The molecule has 0 N–H and O–H groups in total. The molecule has 1 unspecified atom stereocenters. The van der Waals surface area contributed by atoms with Crippen LogP contribution in [0.25, 0.3) is 0 Å². The smallest absolute Gasteiger partial charge is 0.226 e. The molecule has 24 heavy (non-hydrogen) atoms. The molecule has 1 fully saturated rings. The van der Waals surface area contributed by atoms with E-state index < -0.39 is 0 Å². The average molecular weight is 327 g/mol. The lowest BCUT2D eigenvalue weighted by Crippen LogP contribution is -2.16. The van der Waals surface area contributed by atoms with Gasteiger partial charge in [0, 0.05) is 18.2 Å². The molecule has 1 aromatic heterocycles. The van der Waals surface area contributed by atoms with Gasteiger partial charge in [-0.05, 0) is 45.7 Å². The van der Waals surface area contributed by atoms with Crippen LogP contribution < -0.4 is 9.47 Å². The second-order valence-electron chi connectivity index (χ2n) is 6.63. The molecule has 1 aromatic carbocycles. The Bertz CT molecular complexity index is 726. The zero-order valence-electron chi connectivity index (χ0n) is 15.1. The summed E-state index contributed by atoms with van der Waals surface area (Å²) in [5, 5.41) is 0. The minimum Gasteiger partial charge on any atom is -0.487 e. The quantitative estimate of drug-likeness (QED) is 0.824. The predicted molar refractivity (Wildman–Crippen MR) is 94.3 cm³/mol. The van der Waals surface area contributed by atoms with Crippen LogP contribution in [0.2, 0.25) is 0 Å². The number of hydrogen-bond acceptors (Lipinski definition) is 4. The number of ether oxygens (including phenoxy) is 3. The summed E-state index contributed by atoms with van der Waals surface area (Å²) in [5.41, 5.74) is 5.26. The van der Waals surface area contributed by atoms with Gasteiger partial charge in [-0.3, -0.25) is 0 Å². The molecule has 0 radical (unpaired) electrons. The number of aryl methyl sites for hydroxylation is 4. The lowest BCUT2D eigenvalue weighted by Gasteiger charge is -2.18. The number of nitrogens with zero attached hydrogens (tertiary/aromatic N) is 1. The number of rotatable bonds is 4. The highest BCUT2D eigenvalue weighted by Gasteiger charge is 2.20. The maximum atomic E-state index is 6.19. The van der Waals surface area contributed by atoms with E-state index in [4.69, 9.17) is 14.2 Å². The van der Waals surface area contributed by atoms with E-state index in [1.165, 1.54) is 5.56 Å². The first-order chi connectivity index (χ1) is 11.4. The maximum absolute atomic E-state index is 6.19. The Balaban J connectivity index is 1.92. The predicted octanol–water partition coefficient (Wildman–Crippen LogP) is 4.58. The van der Waals surface area contributed by atoms with Crippen molar-refractivity contribution in [1.29, 1.82) is 0 Å². The highest BCUT2D eigenvalue weighted by molar-refractivity contribution is 5.48. The summed E-state index contributed by atoms with van der Waals surface area (Å²) in [7, 11) is 0. The van der Waals surface area contributed by atoms with Crippen molar-refractivity contribution >= 4 is 0 Å². The molecule has 2 heterocycles. The van der Waals surface area contributed by atoms with Gasteiger partial charge in [0.15, 0.2) is 0 Å². The molecule has 128 valence electrons. The van der Waals surface area contributed by atoms with Crippen molar-refractivity contribution in [3.63, 3.8) is 0 Å². The molecule has 4 nitrogen and oxygen atoms in total. The van der Waals surface area contributed by atoms with E-state index in [9.17, 15) is 0 Å². The van der Waals surface area contributed by atoms with Gasteiger partial charge in [-0.2, -0.15) is 0 Å². The first-order valence-corrected chi connectivity index (χ1v) is 8.42. The fourth-order valence-corrected chi connectivity index (χ4v) is 3.11. The van der Waals surface area contributed by atoms with Crippen LogP contribution in [0.1, 0.15) is 34.4 Å². The van der Waals surface area contributed by atoms with E-state index >= 15 is 0 Å². The molecule has 4 heteroatoms. The maximum Gasteiger partial charge on any atom is 0.226 e. The number of aromatic nitrogens is 1. The van der Waals surface area contributed by atoms with Gasteiger partial charge in [-0.1, -0.05) is 17.7 Å². The summed E-state index contributed by atoms with van der Waals surface area (Å²) < 4.78 is 17.7. The standard InChI is InChI=1S/C20H25NO3/c1-12-8-13(2)19(14(3)9-12)24-20-16(5)18(10-15(4)21-20)23-17-6-7-22-11-17/h8-10,17H,6-7,11H2,1-5H3. The molecule has 3 rings (SSSR count). The van der Waals surface area contributed by atoms with Crippen LogP contribution in [0.15, 0.2) is 18.2 Å². The monoisotopic (exact) mass is 327 g/mol. The Kier molecular flexibility index (Phi) is 4.76. The molecule has 0 spiro atoms. The molecule has 0 aliphatic carbocycles. The number of benzene rings is 1. The first-order valence-electron chi connectivity index (χ1n) is 8.42. The highest BCUT2D eigenvalue weighted by Crippen LogP contribution is 2.34. The Morgan fingerprint density at radius 3 is 2.38 bits per heavy atom. The largest absolute Gasteiger partial charge is 0.487 e. The molecule has 1 aliphatic heterocycles. The van der Waals surface area contributed by atoms with Crippen molar-refractivity contribution in [2.24, 2.45) is 0 Å². The molecule has 2 aromatic rings. The van der Waals surface area contributed by atoms with Gasteiger partial charge in [-0.25, -0.2) is 4.98 Å². The fraction of sp³-hybridized carbons (Fsp3) is 0.450. The van der Waals surface area contributed by atoms with Crippen LogP contribution in [0, 0.1) is 34.6 Å². The van der Waals surface area contributed by atoms with Gasteiger partial charge in [0.25, 0.3) is 0 Å². The van der Waals surface area contributed by atoms with Crippen LogP contribution in [-0.4, -0.2) is 24.3 Å². The van der Waals surface area contributed by atoms with Crippen molar-refractivity contribution in [3.8, 4) is 17.4 Å². The Hall–Kier alpha value is -2.07. The van der Waals surface area contributed by atoms with Gasteiger partial charge in [0.2, 0.25) is 5.88 Å². The Labute approximate surface area is 143 Å². The topological polar surface area (TPSA) is 40.6 Å². The summed E-state index contributed by atoms with van der Waals surface area (Å²) in [5.74, 6) is 2.31. The van der Waals surface area contributed by atoms with Crippen molar-refractivity contribution < 1.29 is 14.2 Å².